The normalized spacial score (nSPS) is 22.6. The average molecular weight is 218 g/mol. The van der Waals surface area contributed by atoms with Gasteiger partial charge in [-0.2, -0.15) is 0 Å². The summed E-state index contributed by atoms with van der Waals surface area (Å²) in [6, 6.07) is 10.0. The van der Waals surface area contributed by atoms with Crippen molar-refractivity contribution in [1.82, 2.24) is 5.32 Å². The molecule has 1 fully saturated rings. The highest BCUT2D eigenvalue weighted by atomic mass is 16.1. The molecule has 1 heterocycles. The monoisotopic (exact) mass is 218 g/mol. The topological polar surface area (TPSA) is 55.1 Å². The Morgan fingerprint density at radius 1 is 1.31 bits per heavy atom. The lowest BCUT2D eigenvalue weighted by Gasteiger charge is -2.29. The van der Waals surface area contributed by atoms with Crippen LogP contribution in [0, 0.1) is 0 Å². The van der Waals surface area contributed by atoms with E-state index in [1.807, 2.05) is 30.3 Å². The van der Waals surface area contributed by atoms with E-state index in [-0.39, 0.29) is 17.9 Å². The third-order valence-electron chi connectivity index (χ3n) is 3.22. The van der Waals surface area contributed by atoms with Crippen LogP contribution in [0.5, 0.6) is 0 Å². The number of primary amides is 1. The van der Waals surface area contributed by atoms with E-state index in [1.54, 1.807) is 0 Å². The molecule has 0 radical (unpaired) electrons. The molecule has 3 nitrogen and oxygen atoms in total. The third-order valence-corrected chi connectivity index (χ3v) is 3.22. The molecule has 16 heavy (non-hydrogen) atoms. The lowest BCUT2D eigenvalue weighted by molar-refractivity contribution is -0.120. The Labute approximate surface area is 96.0 Å². The highest BCUT2D eigenvalue weighted by Crippen LogP contribution is 2.24. The molecule has 2 rings (SSSR count). The number of carbonyl (C=O) groups is 1. The number of rotatable bonds is 3. The van der Waals surface area contributed by atoms with Crippen molar-refractivity contribution in [2.75, 3.05) is 6.54 Å². The van der Waals surface area contributed by atoms with Crippen molar-refractivity contribution in [1.29, 1.82) is 0 Å². The first-order valence-corrected chi connectivity index (χ1v) is 5.86. The fraction of sp³-hybridized carbons (Fsp3) is 0.462. The van der Waals surface area contributed by atoms with Crippen molar-refractivity contribution in [2.24, 2.45) is 5.73 Å². The van der Waals surface area contributed by atoms with Gasteiger partial charge in [0.2, 0.25) is 5.91 Å². The van der Waals surface area contributed by atoms with E-state index in [9.17, 15) is 4.79 Å². The molecular formula is C13H18N2O. The molecule has 3 N–H and O–H groups in total. The Kier molecular flexibility index (Phi) is 3.57. The Hall–Kier alpha value is -1.35. The Morgan fingerprint density at radius 2 is 2.06 bits per heavy atom. The minimum absolute atomic E-state index is 0.193. The predicted molar refractivity (Wildman–Crippen MR) is 64.0 cm³/mol. The van der Waals surface area contributed by atoms with E-state index < -0.39 is 0 Å². The Bertz CT molecular complexity index is 344. The zero-order valence-corrected chi connectivity index (χ0v) is 9.36. The van der Waals surface area contributed by atoms with Gasteiger partial charge in [-0.3, -0.25) is 4.79 Å². The number of piperidine rings is 1. The largest absolute Gasteiger partial charge is 0.369 e. The zero-order chi connectivity index (χ0) is 11.4. The second kappa shape index (κ2) is 5.12. The van der Waals surface area contributed by atoms with Gasteiger partial charge in [-0.15, -0.1) is 0 Å². The van der Waals surface area contributed by atoms with E-state index in [0.29, 0.717) is 0 Å². The van der Waals surface area contributed by atoms with Gasteiger partial charge in [-0.25, -0.2) is 0 Å². The molecule has 3 heteroatoms. The number of amides is 1. The molecule has 0 unspecified atom stereocenters. The molecule has 1 aliphatic rings. The number of benzene rings is 1. The van der Waals surface area contributed by atoms with Gasteiger partial charge < -0.3 is 11.1 Å². The lowest BCUT2D eigenvalue weighted by Crippen LogP contribution is -2.43. The van der Waals surface area contributed by atoms with Gasteiger partial charge in [-0.1, -0.05) is 36.8 Å². The summed E-state index contributed by atoms with van der Waals surface area (Å²) >= 11 is 0. The van der Waals surface area contributed by atoms with E-state index in [0.717, 1.165) is 18.5 Å². The number of nitrogens with one attached hydrogen (secondary N) is 1. The molecule has 0 aliphatic carbocycles. The van der Waals surface area contributed by atoms with Gasteiger partial charge in [0.05, 0.1) is 5.92 Å². The van der Waals surface area contributed by atoms with Gasteiger partial charge >= 0.3 is 0 Å². The molecule has 86 valence electrons. The van der Waals surface area contributed by atoms with E-state index in [1.165, 1.54) is 12.8 Å². The second-order valence-corrected chi connectivity index (χ2v) is 4.35. The first kappa shape index (κ1) is 11.1. The van der Waals surface area contributed by atoms with Crippen molar-refractivity contribution in [3.05, 3.63) is 35.9 Å². The molecule has 1 saturated heterocycles. The molecule has 1 aliphatic heterocycles. The summed E-state index contributed by atoms with van der Waals surface area (Å²) in [5.74, 6) is -0.424. The molecule has 0 aromatic heterocycles. The molecule has 0 bridgehead atoms. The van der Waals surface area contributed by atoms with Crippen LogP contribution in [0.1, 0.15) is 30.7 Å². The molecule has 2 atom stereocenters. The van der Waals surface area contributed by atoms with Crippen molar-refractivity contribution >= 4 is 5.91 Å². The molecule has 1 amide bonds. The van der Waals surface area contributed by atoms with Crippen LogP contribution in [-0.4, -0.2) is 18.5 Å². The Morgan fingerprint density at radius 3 is 2.62 bits per heavy atom. The maximum atomic E-state index is 11.6. The highest BCUT2D eigenvalue weighted by molar-refractivity contribution is 5.82. The van der Waals surface area contributed by atoms with Crippen LogP contribution in [0.25, 0.3) is 0 Å². The van der Waals surface area contributed by atoms with Crippen LogP contribution in [0.2, 0.25) is 0 Å². The molecule has 1 aromatic rings. The van der Waals surface area contributed by atoms with Crippen LogP contribution < -0.4 is 11.1 Å². The maximum absolute atomic E-state index is 11.6. The second-order valence-electron chi connectivity index (χ2n) is 4.35. The maximum Gasteiger partial charge on any atom is 0.226 e. The first-order valence-electron chi connectivity index (χ1n) is 5.86. The number of hydrogen-bond acceptors (Lipinski definition) is 2. The highest BCUT2D eigenvalue weighted by Gasteiger charge is 2.28. The average Bonchev–Trinajstić information content (AvgIpc) is 2.31. The summed E-state index contributed by atoms with van der Waals surface area (Å²) in [5.41, 5.74) is 6.54. The standard InChI is InChI=1S/C13H18N2O/c14-13(16)12(10-6-2-1-3-7-10)11-8-4-5-9-15-11/h1-3,6-7,11-12,15H,4-5,8-9H2,(H2,14,16)/t11-,12+/m0/s1. The summed E-state index contributed by atoms with van der Waals surface area (Å²) in [6.07, 6.45) is 3.40. The van der Waals surface area contributed by atoms with Gasteiger partial charge in [0.15, 0.2) is 0 Å². The summed E-state index contributed by atoms with van der Waals surface area (Å²) < 4.78 is 0. The van der Waals surface area contributed by atoms with Crippen molar-refractivity contribution in [2.45, 2.75) is 31.2 Å². The fourth-order valence-electron chi connectivity index (χ4n) is 2.42. The number of hydrogen-bond donors (Lipinski definition) is 2. The zero-order valence-electron chi connectivity index (χ0n) is 9.36. The number of nitrogens with two attached hydrogens (primary N) is 1. The van der Waals surface area contributed by atoms with Crippen molar-refractivity contribution in [3.63, 3.8) is 0 Å². The smallest absolute Gasteiger partial charge is 0.226 e. The van der Waals surface area contributed by atoms with E-state index in [2.05, 4.69) is 5.32 Å². The van der Waals surface area contributed by atoms with Crippen LogP contribution >= 0.6 is 0 Å². The van der Waals surface area contributed by atoms with Gasteiger partial charge in [0.1, 0.15) is 0 Å². The summed E-state index contributed by atoms with van der Waals surface area (Å²) in [5, 5.41) is 3.40. The summed E-state index contributed by atoms with van der Waals surface area (Å²) in [6.45, 7) is 0.987. The van der Waals surface area contributed by atoms with E-state index >= 15 is 0 Å². The number of carbonyl (C=O) groups excluding carboxylic acids is 1. The van der Waals surface area contributed by atoms with Crippen molar-refractivity contribution < 1.29 is 4.79 Å². The molecule has 0 saturated carbocycles. The van der Waals surface area contributed by atoms with E-state index in [4.69, 9.17) is 5.73 Å². The van der Waals surface area contributed by atoms with Gasteiger partial charge in [-0.05, 0) is 24.9 Å². The fourth-order valence-corrected chi connectivity index (χ4v) is 2.42. The van der Waals surface area contributed by atoms with Crippen LogP contribution in [0.15, 0.2) is 30.3 Å². The summed E-state index contributed by atoms with van der Waals surface area (Å²) in [4.78, 5) is 11.6. The SMILES string of the molecule is NC(=O)[C@H](c1ccccc1)[C@@H]1CCCCN1. The van der Waals surface area contributed by atoms with Crippen LogP contribution in [0.4, 0.5) is 0 Å². The third kappa shape index (κ3) is 2.42. The van der Waals surface area contributed by atoms with Crippen molar-refractivity contribution in [3.8, 4) is 0 Å². The first-order chi connectivity index (χ1) is 7.79. The van der Waals surface area contributed by atoms with Crippen LogP contribution in [-0.2, 0) is 4.79 Å². The molecule has 0 spiro atoms. The molecular weight excluding hydrogens is 200 g/mol. The molecule has 1 aromatic carbocycles. The van der Waals surface area contributed by atoms with Gasteiger partial charge in [0, 0.05) is 6.04 Å². The quantitative estimate of drug-likeness (QED) is 0.805. The minimum Gasteiger partial charge on any atom is -0.369 e. The minimum atomic E-state index is -0.231. The van der Waals surface area contributed by atoms with Gasteiger partial charge in [0.25, 0.3) is 0 Å². The Balaban J connectivity index is 2.20. The summed E-state index contributed by atoms with van der Waals surface area (Å²) in [7, 11) is 0. The predicted octanol–water partition coefficient (Wildman–Crippen LogP) is 1.40. The van der Waals surface area contributed by atoms with Crippen LogP contribution in [0.3, 0.4) is 0 Å². The lowest BCUT2D eigenvalue weighted by atomic mass is 9.86.